The van der Waals surface area contributed by atoms with Crippen molar-refractivity contribution in [3.05, 3.63) is 29.3 Å². The Balaban J connectivity index is 0.000000383. The van der Waals surface area contributed by atoms with Gasteiger partial charge in [-0.25, -0.2) is 0 Å². The van der Waals surface area contributed by atoms with E-state index in [0.29, 0.717) is 6.54 Å². The van der Waals surface area contributed by atoms with Gasteiger partial charge in [-0.3, -0.25) is 9.11 Å². The third-order valence-electron chi connectivity index (χ3n) is 3.22. The van der Waals surface area contributed by atoms with E-state index in [2.05, 4.69) is 25.2 Å². The van der Waals surface area contributed by atoms with Gasteiger partial charge in [-0.2, -0.15) is 8.42 Å². The number of hydrogen-bond donors (Lipinski definition) is 4. The fourth-order valence-corrected chi connectivity index (χ4v) is 1.97. The third kappa shape index (κ3) is 6.87. The van der Waals surface area contributed by atoms with Crippen LogP contribution in [0.4, 0.5) is 0 Å². The van der Waals surface area contributed by atoms with Crippen molar-refractivity contribution in [1.82, 2.24) is 5.32 Å². The minimum Gasteiger partial charge on any atom is -0.487 e. The van der Waals surface area contributed by atoms with Crippen LogP contribution in [0.5, 0.6) is 5.75 Å². The van der Waals surface area contributed by atoms with Gasteiger partial charge >= 0.3 is 10.4 Å². The number of benzene rings is 1. The van der Waals surface area contributed by atoms with E-state index >= 15 is 0 Å². The van der Waals surface area contributed by atoms with Gasteiger partial charge in [0.15, 0.2) is 0 Å². The molecule has 0 unspecified atom stereocenters. The summed E-state index contributed by atoms with van der Waals surface area (Å²) in [5, 5.41) is 12.9. The first kappa shape index (κ1) is 17.9. The van der Waals surface area contributed by atoms with Crippen molar-refractivity contribution in [2.45, 2.75) is 32.5 Å². The van der Waals surface area contributed by atoms with Crippen molar-refractivity contribution in [2.75, 3.05) is 13.1 Å². The van der Waals surface area contributed by atoms with E-state index in [9.17, 15) is 5.11 Å². The van der Waals surface area contributed by atoms with Gasteiger partial charge in [0.2, 0.25) is 0 Å². The zero-order valence-corrected chi connectivity index (χ0v) is 12.8. The number of β-amino-alcohol motifs (C(OH)–C–C–N with tert-alkyl or cyclic N) is 1. The predicted molar refractivity (Wildman–Crippen MR) is 78.0 cm³/mol. The number of piperidine rings is 1. The molecular weight excluding hydrogens is 298 g/mol. The molecule has 4 N–H and O–H groups in total. The molecule has 0 bridgehead atoms. The van der Waals surface area contributed by atoms with Crippen LogP contribution in [0, 0.1) is 13.8 Å². The first-order chi connectivity index (χ1) is 9.68. The molecule has 1 aromatic rings. The molecule has 1 aliphatic rings. The molecule has 0 spiro atoms. The molecule has 1 saturated heterocycles. The van der Waals surface area contributed by atoms with Gasteiger partial charge in [-0.1, -0.05) is 12.1 Å². The third-order valence-corrected chi connectivity index (χ3v) is 3.22. The first-order valence-corrected chi connectivity index (χ1v) is 7.89. The van der Waals surface area contributed by atoms with E-state index in [1.807, 2.05) is 12.1 Å². The lowest BCUT2D eigenvalue weighted by Gasteiger charge is -2.29. The van der Waals surface area contributed by atoms with E-state index in [4.69, 9.17) is 22.3 Å². The summed E-state index contributed by atoms with van der Waals surface area (Å²) in [6, 6.07) is 6.03. The molecule has 0 saturated carbocycles. The Kier molecular flexibility index (Phi) is 6.56. The zero-order chi connectivity index (χ0) is 16.0. The summed E-state index contributed by atoms with van der Waals surface area (Å²) in [5.74, 6) is 0.894. The van der Waals surface area contributed by atoms with E-state index in [0.717, 1.165) is 24.3 Å². The number of aliphatic hydroxyl groups is 1. The maximum absolute atomic E-state index is 9.80. The lowest BCUT2D eigenvalue weighted by atomic mass is 10.1. The summed E-state index contributed by atoms with van der Waals surface area (Å²) < 4.78 is 37.5. The molecule has 0 aliphatic carbocycles. The lowest BCUT2D eigenvalue weighted by Crippen LogP contribution is -2.46. The maximum atomic E-state index is 9.80. The van der Waals surface area contributed by atoms with Gasteiger partial charge in [-0.15, -0.1) is 0 Å². The summed E-state index contributed by atoms with van der Waals surface area (Å²) in [4.78, 5) is 0. The highest BCUT2D eigenvalue weighted by atomic mass is 32.3. The van der Waals surface area contributed by atoms with Gasteiger partial charge in [-0.05, 0) is 44.0 Å². The quantitative estimate of drug-likeness (QED) is 0.594. The molecule has 120 valence electrons. The molecule has 1 aliphatic heterocycles. The predicted octanol–water partition coefficient (Wildman–Crippen LogP) is 0.752. The Bertz CT molecular complexity index is 552. The lowest BCUT2D eigenvalue weighted by molar-refractivity contribution is 0.0159. The highest BCUT2D eigenvalue weighted by Crippen LogP contribution is 2.23. The van der Waals surface area contributed by atoms with Gasteiger partial charge in [0.25, 0.3) is 0 Å². The molecule has 0 aromatic heterocycles. The largest absolute Gasteiger partial charge is 0.487 e. The van der Waals surface area contributed by atoms with Crippen LogP contribution in [0.25, 0.3) is 0 Å². The Morgan fingerprint density at radius 1 is 1.29 bits per heavy atom. The van der Waals surface area contributed by atoms with E-state index in [1.54, 1.807) is 0 Å². The summed E-state index contributed by atoms with van der Waals surface area (Å²) in [5.41, 5.74) is 2.38. The van der Waals surface area contributed by atoms with Crippen LogP contribution >= 0.6 is 0 Å². The van der Waals surface area contributed by atoms with Crippen LogP contribution < -0.4 is 10.1 Å². The van der Waals surface area contributed by atoms with Gasteiger partial charge < -0.3 is 15.2 Å². The monoisotopic (exact) mass is 319 g/mol. The summed E-state index contributed by atoms with van der Waals surface area (Å²) in [6.07, 6.45) is 0.365. The highest BCUT2D eigenvalue weighted by Gasteiger charge is 2.24. The fraction of sp³-hybridized carbons (Fsp3) is 0.538. The minimum atomic E-state index is -4.67. The normalized spacial score (nSPS) is 22.1. The average Bonchev–Trinajstić information content (AvgIpc) is 2.35. The molecule has 0 amide bonds. The number of aliphatic hydroxyl groups excluding tert-OH is 1. The standard InChI is InChI=1S/C13H19NO2.H2O4S/c1-9-4-3-5-12(10(9)2)16-13-6-7-14-8-11(13)15;1-5(2,3)4/h3-5,11,13-15H,6-8H2,1-2H3;(H2,1,2,3,4)/t11-,13+;/m1./s1. The Labute approximate surface area is 124 Å². The molecule has 2 atom stereocenters. The molecule has 1 fully saturated rings. The maximum Gasteiger partial charge on any atom is 0.394 e. The molecule has 8 heteroatoms. The molecule has 1 aromatic carbocycles. The minimum absolute atomic E-state index is 0.0817. The van der Waals surface area contributed by atoms with Crippen molar-refractivity contribution in [3.63, 3.8) is 0 Å². The van der Waals surface area contributed by atoms with Crippen molar-refractivity contribution < 1.29 is 27.4 Å². The molecule has 7 nitrogen and oxygen atoms in total. The van der Waals surface area contributed by atoms with Crippen molar-refractivity contribution >= 4 is 10.4 Å². The number of nitrogens with one attached hydrogen (secondary N) is 1. The van der Waals surface area contributed by atoms with Crippen molar-refractivity contribution in [3.8, 4) is 5.75 Å². The van der Waals surface area contributed by atoms with Crippen LogP contribution in [0.1, 0.15) is 17.5 Å². The number of ether oxygens (including phenoxy) is 1. The van der Waals surface area contributed by atoms with Crippen LogP contribution in [0.15, 0.2) is 18.2 Å². The van der Waals surface area contributed by atoms with Gasteiger partial charge in [0, 0.05) is 6.54 Å². The first-order valence-electron chi connectivity index (χ1n) is 6.50. The topological polar surface area (TPSA) is 116 Å². The van der Waals surface area contributed by atoms with E-state index in [1.165, 1.54) is 5.56 Å². The SMILES string of the molecule is Cc1cccc(O[C@H]2CCNC[C@H]2O)c1C.O=S(=O)(O)O. The van der Waals surface area contributed by atoms with Crippen molar-refractivity contribution in [2.24, 2.45) is 0 Å². The highest BCUT2D eigenvalue weighted by molar-refractivity contribution is 7.79. The van der Waals surface area contributed by atoms with Crippen LogP contribution in [0.3, 0.4) is 0 Å². The Morgan fingerprint density at radius 3 is 2.48 bits per heavy atom. The smallest absolute Gasteiger partial charge is 0.394 e. The second-order valence-electron chi connectivity index (χ2n) is 4.86. The second kappa shape index (κ2) is 7.71. The average molecular weight is 319 g/mol. The van der Waals surface area contributed by atoms with Crippen LogP contribution in [0.2, 0.25) is 0 Å². The van der Waals surface area contributed by atoms with Gasteiger partial charge in [0.1, 0.15) is 18.0 Å². The summed E-state index contributed by atoms with van der Waals surface area (Å²) in [6.45, 7) is 5.65. The second-order valence-corrected chi connectivity index (χ2v) is 5.76. The summed E-state index contributed by atoms with van der Waals surface area (Å²) >= 11 is 0. The molecule has 2 rings (SSSR count). The van der Waals surface area contributed by atoms with Crippen LogP contribution in [-0.4, -0.2) is 47.9 Å². The van der Waals surface area contributed by atoms with E-state index in [-0.39, 0.29) is 6.10 Å². The van der Waals surface area contributed by atoms with Crippen LogP contribution in [-0.2, 0) is 10.4 Å². The zero-order valence-electron chi connectivity index (χ0n) is 12.0. The molecule has 21 heavy (non-hydrogen) atoms. The Morgan fingerprint density at radius 2 is 1.90 bits per heavy atom. The van der Waals surface area contributed by atoms with E-state index < -0.39 is 16.5 Å². The molecular formula is C13H21NO6S. The number of aryl methyl sites for hydroxylation is 1. The summed E-state index contributed by atoms with van der Waals surface area (Å²) in [7, 11) is -4.67. The van der Waals surface area contributed by atoms with Gasteiger partial charge in [0.05, 0.1) is 0 Å². The molecule has 1 heterocycles. The van der Waals surface area contributed by atoms with Crippen molar-refractivity contribution in [1.29, 1.82) is 0 Å². The fourth-order valence-electron chi connectivity index (χ4n) is 1.97. The molecule has 0 radical (unpaired) electrons. The number of hydrogen-bond acceptors (Lipinski definition) is 5. The number of rotatable bonds is 2. The Hall–Kier alpha value is -1.19.